The van der Waals surface area contributed by atoms with Gasteiger partial charge in [-0.15, -0.1) is 0 Å². The summed E-state index contributed by atoms with van der Waals surface area (Å²) in [5, 5.41) is 4.92. The molecular weight excluding hydrogens is 266 g/mol. The van der Waals surface area contributed by atoms with Crippen molar-refractivity contribution in [2.45, 2.75) is 64.3 Å². The van der Waals surface area contributed by atoms with Crippen LogP contribution < -0.4 is 10.2 Å². The molecule has 0 radical (unpaired) electrons. The van der Waals surface area contributed by atoms with Gasteiger partial charge >= 0.3 is 0 Å². The van der Waals surface area contributed by atoms with Crippen molar-refractivity contribution in [3.05, 3.63) is 10.6 Å². The molecule has 0 spiro atoms. The highest BCUT2D eigenvalue weighted by atomic mass is 32.1. The summed E-state index contributed by atoms with van der Waals surface area (Å²) in [5.41, 5.74) is 1.38. The topological polar surface area (TPSA) is 28.2 Å². The van der Waals surface area contributed by atoms with Crippen molar-refractivity contribution in [3.63, 3.8) is 0 Å². The van der Waals surface area contributed by atoms with Crippen molar-refractivity contribution >= 4 is 16.5 Å². The molecule has 1 N–H and O–H groups in total. The fourth-order valence-electron chi connectivity index (χ4n) is 3.42. The van der Waals surface area contributed by atoms with Gasteiger partial charge in [-0.3, -0.25) is 0 Å². The van der Waals surface area contributed by atoms with E-state index in [1.807, 2.05) is 11.3 Å². The van der Waals surface area contributed by atoms with Crippen LogP contribution in [-0.4, -0.2) is 24.6 Å². The maximum atomic E-state index is 4.98. The number of rotatable bonds is 3. The molecule has 20 heavy (non-hydrogen) atoms. The molecule has 2 aliphatic rings. The lowest BCUT2D eigenvalue weighted by molar-refractivity contribution is 0.476. The number of hydrogen-bond acceptors (Lipinski definition) is 4. The number of nitrogens with zero attached hydrogens (tertiary/aromatic N) is 2. The number of hydrogen-bond donors (Lipinski definition) is 1. The van der Waals surface area contributed by atoms with Crippen molar-refractivity contribution in [2.75, 3.05) is 24.5 Å². The van der Waals surface area contributed by atoms with Gasteiger partial charge in [-0.25, -0.2) is 4.98 Å². The molecule has 1 atom stereocenters. The smallest absolute Gasteiger partial charge is 0.185 e. The first-order valence-electron chi connectivity index (χ1n) is 8.36. The van der Waals surface area contributed by atoms with Crippen LogP contribution in [0.2, 0.25) is 0 Å². The normalized spacial score (nSPS) is 24.1. The third-order valence-electron chi connectivity index (χ3n) is 4.52. The van der Waals surface area contributed by atoms with Gasteiger partial charge in [-0.2, -0.15) is 0 Å². The largest absolute Gasteiger partial charge is 0.348 e. The third-order valence-corrected chi connectivity index (χ3v) is 5.79. The predicted molar refractivity (Wildman–Crippen MR) is 86.8 cm³/mol. The molecule has 1 aliphatic heterocycles. The number of aryl methyl sites for hydroxylation is 1. The molecule has 1 aliphatic carbocycles. The second kappa shape index (κ2) is 6.90. The standard InChI is InChI=1S/C16H27N3S/c1-2-17-13-9-8-10-14-15(13)20-16(18-14)19-11-6-4-3-5-7-12-19/h13,17H,2-12H2,1H3. The van der Waals surface area contributed by atoms with E-state index in [9.17, 15) is 0 Å². The highest BCUT2D eigenvalue weighted by molar-refractivity contribution is 7.15. The van der Waals surface area contributed by atoms with E-state index >= 15 is 0 Å². The molecule has 2 heterocycles. The Hall–Kier alpha value is -0.610. The molecule has 0 saturated carbocycles. The Kier molecular flexibility index (Phi) is 4.94. The summed E-state index contributed by atoms with van der Waals surface area (Å²) in [5.74, 6) is 0. The van der Waals surface area contributed by atoms with Crippen LogP contribution >= 0.6 is 11.3 Å². The Morgan fingerprint density at radius 2 is 1.90 bits per heavy atom. The molecule has 0 amide bonds. The van der Waals surface area contributed by atoms with Crippen LogP contribution in [0.1, 0.15) is 68.5 Å². The van der Waals surface area contributed by atoms with Gasteiger partial charge < -0.3 is 10.2 Å². The van der Waals surface area contributed by atoms with E-state index in [0.717, 1.165) is 6.54 Å². The fraction of sp³-hybridized carbons (Fsp3) is 0.812. The maximum Gasteiger partial charge on any atom is 0.185 e. The molecule has 1 fully saturated rings. The first kappa shape index (κ1) is 14.3. The summed E-state index contributed by atoms with van der Waals surface area (Å²) < 4.78 is 0. The fourth-order valence-corrected chi connectivity index (χ4v) is 4.70. The van der Waals surface area contributed by atoms with Crippen LogP contribution in [0.4, 0.5) is 5.13 Å². The van der Waals surface area contributed by atoms with Gasteiger partial charge in [0, 0.05) is 24.0 Å². The van der Waals surface area contributed by atoms with Crippen LogP contribution in [0, 0.1) is 0 Å². The number of fused-ring (bicyclic) bond motifs is 1. The van der Waals surface area contributed by atoms with Crippen molar-refractivity contribution in [3.8, 4) is 0 Å². The second-order valence-electron chi connectivity index (χ2n) is 6.06. The number of aromatic nitrogens is 1. The lowest BCUT2D eigenvalue weighted by atomic mass is 9.98. The van der Waals surface area contributed by atoms with Crippen LogP contribution in [0.5, 0.6) is 0 Å². The lowest BCUT2D eigenvalue weighted by Gasteiger charge is -2.24. The predicted octanol–water partition coefficient (Wildman–Crippen LogP) is 3.90. The summed E-state index contributed by atoms with van der Waals surface area (Å²) in [7, 11) is 0. The van der Waals surface area contributed by atoms with Crippen LogP contribution in [0.25, 0.3) is 0 Å². The number of thiazole rings is 1. The number of nitrogens with one attached hydrogen (secondary N) is 1. The van der Waals surface area contributed by atoms with Crippen molar-refractivity contribution in [1.82, 2.24) is 10.3 Å². The van der Waals surface area contributed by atoms with Crippen LogP contribution in [-0.2, 0) is 6.42 Å². The average molecular weight is 293 g/mol. The molecule has 1 saturated heterocycles. The Morgan fingerprint density at radius 3 is 2.65 bits per heavy atom. The lowest BCUT2D eigenvalue weighted by Crippen LogP contribution is -2.26. The summed E-state index contributed by atoms with van der Waals surface area (Å²) in [6.45, 7) is 5.67. The highest BCUT2D eigenvalue weighted by Gasteiger charge is 2.25. The minimum absolute atomic E-state index is 0.560. The van der Waals surface area contributed by atoms with Gasteiger partial charge in [0.2, 0.25) is 0 Å². The van der Waals surface area contributed by atoms with Crippen LogP contribution in [0.15, 0.2) is 0 Å². The molecule has 1 aromatic heterocycles. The maximum absolute atomic E-state index is 4.98. The van der Waals surface area contributed by atoms with Gasteiger partial charge in [0.15, 0.2) is 5.13 Å². The van der Waals surface area contributed by atoms with E-state index in [-0.39, 0.29) is 0 Å². The van der Waals surface area contributed by atoms with Gasteiger partial charge in [0.05, 0.1) is 5.69 Å². The Balaban J connectivity index is 1.76. The molecule has 112 valence electrons. The summed E-state index contributed by atoms with van der Waals surface area (Å²) in [6.07, 6.45) is 10.6. The Labute approximate surface area is 126 Å². The summed E-state index contributed by atoms with van der Waals surface area (Å²) in [4.78, 5) is 9.05. The minimum Gasteiger partial charge on any atom is -0.348 e. The van der Waals surface area contributed by atoms with Crippen molar-refractivity contribution in [1.29, 1.82) is 0 Å². The van der Waals surface area contributed by atoms with Gasteiger partial charge in [0.1, 0.15) is 0 Å². The van der Waals surface area contributed by atoms with Crippen molar-refractivity contribution < 1.29 is 0 Å². The van der Waals surface area contributed by atoms with E-state index in [2.05, 4.69) is 17.1 Å². The first-order chi connectivity index (χ1) is 9.88. The van der Waals surface area contributed by atoms with E-state index in [1.54, 1.807) is 0 Å². The van der Waals surface area contributed by atoms with E-state index in [1.165, 1.54) is 80.2 Å². The summed E-state index contributed by atoms with van der Waals surface area (Å²) >= 11 is 1.96. The molecule has 3 rings (SSSR count). The molecular formula is C16H27N3S. The quantitative estimate of drug-likeness (QED) is 0.916. The highest BCUT2D eigenvalue weighted by Crippen LogP contribution is 2.37. The van der Waals surface area contributed by atoms with Crippen molar-refractivity contribution in [2.24, 2.45) is 0 Å². The molecule has 0 aromatic carbocycles. The summed E-state index contributed by atoms with van der Waals surface area (Å²) in [6, 6.07) is 0.560. The van der Waals surface area contributed by atoms with E-state index < -0.39 is 0 Å². The SMILES string of the molecule is CCNC1CCCc2nc(N3CCCCCCC3)sc21. The monoisotopic (exact) mass is 293 g/mol. The Morgan fingerprint density at radius 1 is 1.15 bits per heavy atom. The van der Waals surface area contributed by atoms with Crippen LogP contribution in [0.3, 0.4) is 0 Å². The number of anilines is 1. The van der Waals surface area contributed by atoms with E-state index in [0.29, 0.717) is 6.04 Å². The zero-order valence-corrected chi connectivity index (χ0v) is 13.5. The zero-order valence-electron chi connectivity index (χ0n) is 12.7. The second-order valence-corrected chi connectivity index (χ2v) is 7.07. The van der Waals surface area contributed by atoms with Gasteiger partial charge in [-0.1, -0.05) is 37.5 Å². The first-order valence-corrected chi connectivity index (χ1v) is 9.18. The molecule has 1 unspecified atom stereocenters. The minimum atomic E-state index is 0.560. The average Bonchev–Trinajstić information content (AvgIpc) is 2.83. The molecule has 0 bridgehead atoms. The van der Waals surface area contributed by atoms with Gasteiger partial charge in [-0.05, 0) is 38.6 Å². The third kappa shape index (κ3) is 3.17. The Bertz CT molecular complexity index is 421. The molecule has 3 nitrogen and oxygen atoms in total. The van der Waals surface area contributed by atoms with E-state index in [4.69, 9.17) is 4.98 Å². The zero-order chi connectivity index (χ0) is 13.8. The molecule has 4 heteroatoms. The molecule has 1 aromatic rings. The van der Waals surface area contributed by atoms with Gasteiger partial charge in [0.25, 0.3) is 0 Å².